The Balaban J connectivity index is 2.01. The second-order valence-electron chi connectivity index (χ2n) is 6.48. The molecule has 6 nitrogen and oxygen atoms in total. The lowest BCUT2D eigenvalue weighted by atomic mass is 10.1. The van der Waals surface area contributed by atoms with Crippen molar-refractivity contribution in [3.05, 3.63) is 51.2 Å². The molecule has 0 fully saturated rings. The third kappa shape index (κ3) is 5.63. The van der Waals surface area contributed by atoms with E-state index in [1.54, 1.807) is 32.9 Å². The Kier molecular flexibility index (Phi) is 6.23. The summed E-state index contributed by atoms with van der Waals surface area (Å²) in [7, 11) is -3.69. The van der Waals surface area contributed by atoms with Crippen molar-refractivity contribution in [2.24, 2.45) is 0 Å². The highest BCUT2D eigenvalue weighted by atomic mass is 35.5. The highest BCUT2D eigenvalue weighted by Gasteiger charge is 2.22. The largest absolute Gasteiger partial charge is 0.454 e. The molecule has 9 heteroatoms. The number of carbonyl (C=O) groups is 2. The van der Waals surface area contributed by atoms with Crippen molar-refractivity contribution >= 4 is 44.7 Å². The van der Waals surface area contributed by atoms with Crippen molar-refractivity contribution in [1.82, 2.24) is 4.72 Å². The maximum absolute atomic E-state index is 12.2. The van der Waals surface area contributed by atoms with E-state index in [9.17, 15) is 18.0 Å². The molecule has 0 aliphatic heterocycles. The van der Waals surface area contributed by atoms with Gasteiger partial charge in [-0.2, -0.15) is 0 Å². The molecule has 140 valence electrons. The second-order valence-corrected chi connectivity index (χ2v) is 9.88. The number of halogens is 1. The summed E-state index contributed by atoms with van der Waals surface area (Å²) in [6.45, 7) is 4.78. The molecule has 1 aromatic carbocycles. The Morgan fingerprint density at radius 1 is 1.12 bits per heavy atom. The van der Waals surface area contributed by atoms with E-state index in [1.807, 2.05) is 0 Å². The van der Waals surface area contributed by atoms with Crippen LogP contribution in [0.5, 0.6) is 0 Å². The van der Waals surface area contributed by atoms with E-state index in [0.29, 0.717) is 9.21 Å². The summed E-state index contributed by atoms with van der Waals surface area (Å²) in [6, 6.07) is 8.45. The van der Waals surface area contributed by atoms with Crippen molar-refractivity contribution in [3.63, 3.8) is 0 Å². The molecule has 2 rings (SSSR count). The van der Waals surface area contributed by atoms with Crippen LogP contribution in [-0.4, -0.2) is 32.3 Å². The number of benzene rings is 1. The summed E-state index contributed by atoms with van der Waals surface area (Å²) in [5.74, 6) is -1.07. The third-order valence-electron chi connectivity index (χ3n) is 3.02. The lowest BCUT2D eigenvalue weighted by Gasteiger charge is -2.20. The van der Waals surface area contributed by atoms with Gasteiger partial charge in [-0.05, 0) is 57.2 Å². The molecule has 0 bridgehead atoms. The predicted molar refractivity (Wildman–Crippen MR) is 100 cm³/mol. The van der Waals surface area contributed by atoms with Gasteiger partial charge in [0.15, 0.2) is 6.61 Å². The first-order chi connectivity index (χ1) is 12.0. The van der Waals surface area contributed by atoms with Crippen molar-refractivity contribution in [2.45, 2.75) is 31.2 Å². The van der Waals surface area contributed by atoms with E-state index in [0.717, 1.165) is 11.3 Å². The van der Waals surface area contributed by atoms with Gasteiger partial charge in [-0.3, -0.25) is 4.79 Å². The van der Waals surface area contributed by atoms with Gasteiger partial charge in [0.1, 0.15) is 0 Å². The zero-order valence-electron chi connectivity index (χ0n) is 14.4. The number of hydrogen-bond acceptors (Lipinski definition) is 6. The van der Waals surface area contributed by atoms with Crippen LogP contribution in [-0.2, 0) is 14.8 Å². The van der Waals surface area contributed by atoms with E-state index >= 15 is 0 Å². The molecule has 0 unspecified atom stereocenters. The molecule has 0 aliphatic rings. The summed E-state index contributed by atoms with van der Waals surface area (Å²) in [5, 5.41) is 0. The first-order valence-corrected chi connectivity index (χ1v) is 10.3. The van der Waals surface area contributed by atoms with Crippen LogP contribution in [0.25, 0.3) is 0 Å². The monoisotopic (exact) mass is 415 g/mol. The maximum Gasteiger partial charge on any atom is 0.338 e. The quantitative estimate of drug-likeness (QED) is 0.575. The molecule has 0 atom stereocenters. The van der Waals surface area contributed by atoms with E-state index < -0.39 is 28.1 Å². The average molecular weight is 416 g/mol. The Labute approximate surface area is 161 Å². The molecular weight excluding hydrogens is 398 g/mol. The maximum atomic E-state index is 12.2. The lowest BCUT2D eigenvalue weighted by Crippen LogP contribution is -2.40. The fourth-order valence-corrected chi connectivity index (χ4v) is 4.37. The highest BCUT2D eigenvalue weighted by molar-refractivity contribution is 7.89. The smallest absolute Gasteiger partial charge is 0.338 e. The van der Waals surface area contributed by atoms with E-state index in [4.69, 9.17) is 16.3 Å². The molecule has 1 aromatic heterocycles. The minimum Gasteiger partial charge on any atom is -0.454 e. The number of ether oxygens (including phenoxy) is 1. The number of Topliss-reactive ketones (excluding diaryl/α,β-unsaturated/α-hetero) is 1. The molecule has 1 N–H and O–H groups in total. The number of nitrogens with one attached hydrogen (secondary N) is 1. The number of sulfonamides is 1. The summed E-state index contributed by atoms with van der Waals surface area (Å²) < 4.78 is 32.4. The summed E-state index contributed by atoms with van der Waals surface area (Å²) in [4.78, 5) is 24.3. The van der Waals surface area contributed by atoms with Crippen LogP contribution >= 0.6 is 22.9 Å². The zero-order chi connectivity index (χ0) is 19.5. The minimum absolute atomic E-state index is 0.0354. The predicted octanol–water partition coefficient (Wildman–Crippen LogP) is 3.52. The summed E-state index contributed by atoms with van der Waals surface area (Å²) in [5.41, 5.74) is -0.474. The van der Waals surface area contributed by atoms with Gasteiger partial charge in [0.2, 0.25) is 15.8 Å². The van der Waals surface area contributed by atoms with Crippen molar-refractivity contribution in [2.75, 3.05) is 6.61 Å². The number of hydrogen-bond donors (Lipinski definition) is 1. The van der Waals surface area contributed by atoms with Gasteiger partial charge in [-0.25, -0.2) is 17.9 Å². The molecule has 1 heterocycles. The van der Waals surface area contributed by atoms with Gasteiger partial charge < -0.3 is 4.74 Å². The van der Waals surface area contributed by atoms with Crippen LogP contribution in [0.4, 0.5) is 0 Å². The molecule has 26 heavy (non-hydrogen) atoms. The van der Waals surface area contributed by atoms with Gasteiger partial charge in [-0.15, -0.1) is 11.3 Å². The lowest BCUT2D eigenvalue weighted by molar-refractivity contribution is 0.0475. The van der Waals surface area contributed by atoms with Crippen LogP contribution in [0, 0.1) is 0 Å². The Bertz CT molecular complexity index is 911. The number of rotatable bonds is 6. The number of ketones is 1. The van der Waals surface area contributed by atoms with E-state index in [2.05, 4.69) is 4.72 Å². The molecule has 0 saturated carbocycles. The molecule has 0 amide bonds. The number of carbonyl (C=O) groups excluding carboxylic acids is 2. The Hall–Kier alpha value is -1.74. The number of thiophene rings is 1. The topological polar surface area (TPSA) is 89.5 Å². The fraction of sp³-hybridized carbons (Fsp3) is 0.294. The Morgan fingerprint density at radius 3 is 2.23 bits per heavy atom. The van der Waals surface area contributed by atoms with E-state index in [1.165, 1.54) is 24.3 Å². The average Bonchev–Trinajstić information content (AvgIpc) is 2.97. The molecule has 0 spiro atoms. The van der Waals surface area contributed by atoms with Gasteiger partial charge >= 0.3 is 5.97 Å². The van der Waals surface area contributed by atoms with Crippen LogP contribution in [0.2, 0.25) is 4.34 Å². The van der Waals surface area contributed by atoms with Gasteiger partial charge in [0.05, 0.1) is 19.7 Å². The minimum atomic E-state index is -3.69. The van der Waals surface area contributed by atoms with Crippen molar-refractivity contribution in [3.8, 4) is 0 Å². The van der Waals surface area contributed by atoms with Gasteiger partial charge in [-0.1, -0.05) is 11.6 Å². The van der Waals surface area contributed by atoms with Crippen LogP contribution < -0.4 is 4.72 Å². The SMILES string of the molecule is CC(C)(C)NS(=O)(=O)c1ccc(C(=O)OCC(=O)c2ccc(Cl)s2)cc1. The van der Waals surface area contributed by atoms with E-state index in [-0.39, 0.29) is 16.2 Å². The molecule has 0 saturated heterocycles. The molecule has 0 aliphatic carbocycles. The van der Waals surface area contributed by atoms with Crippen molar-refractivity contribution in [1.29, 1.82) is 0 Å². The number of esters is 1. The van der Waals surface area contributed by atoms with Gasteiger partial charge in [0, 0.05) is 5.54 Å². The summed E-state index contributed by atoms with van der Waals surface area (Å²) in [6.07, 6.45) is 0. The van der Waals surface area contributed by atoms with Crippen LogP contribution in [0.15, 0.2) is 41.3 Å². The third-order valence-corrected chi connectivity index (χ3v) is 6.07. The Morgan fingerprint density at radius 2 is 1.73 bits per heavy atom. The second kappa shape index (κ2) is 7.87. The molecule has 0 radical (unpaired) electrons. The standard InChI is InChI=1S/C17H18ClNO5S2/c1-17(2,3)19-26(22,23)12-6-4-11(5-7-12)16(21)24-10-13(20)14-8-9-15(18)25-14/h4-9,19H,10H2,1-3H3. The van der Waals surface area contributed by atoms with Crippen LogP contribution in [0.3, 0.4) is 0 Å². The normalized spacial score (nSPS) is 12.0. The first kappa shape index (κ1) is 20.6. The first-order valence-electron chi connectivity index (χ1n) is 7.58. The van der Waals surface area contributed by atoms with Gasteiger partial charge in [0.25, 0.3) is 0 Å². The van der Waals surface area contributed by atoms with Crippen LogP contribution in [0.1, 0.15) is 40.8 Å². The van der Waals surface area contributed by atoms with Crippen molar-refractivity contribution < 1.29 is 22.7 Å². The summed E-state index contributed by atoms with van der Waals surface area (Å²) >= 11 is 6.86. The highest BCUT2D eigenvalue weighted by Crippen LogP contribution is 2.22. The zero-order valence-corrected chi connectivity index (χ0v) is 16.8. The molecule has 2 aromatic rings. The molecular formula is C17H18ClNO5S2. The fourth-order valence-electron chi connectivity index (χ4n) is 1.98.